The van der Waals surface area contributed by atoms with E-state index in [0.29, 0.717) is 34.9 Å². The number of benzene rings is 3. The number of halogens is 1. The molecule has 3 aromatic carbocycles. The van der Waals surface area contributed by atoms with Crippen LogP contribution in [0.15, 0.2) is 77.3 Å². The zero-order valence-electron chi connectivity index (χ0n) is 19.7. The first-order chi connectivity index (χ1) is 17.4. The van der Waals surface area contributed by atoms with Gasteiger partial charge in [-0.25, -0.2) is 10.3 Å². The third kappa shape index (κ3) is 4.04. The Morgan fingerprint density at radius 2 is 1.75 bits per heavy atom. The topological polar surface area (TPSA) is 88.2 Å². The van der Waals surface area contributed by atoms with Gasteiger partial charge in [-0.3, -0.25) is 19.4 Å². The lowest BCUT2D eigenvalue weighted by molar-refractivity contribution is -0.123. The lowest BCUT2D eigenvalue weighted by Gasteiger charge is -2.25. The highest BCUT2D eigenvalue weighted by atomic mass is 79.9. The van der Waals surface area contributed by atoms with Crippen molar-refractivity contribution in [1.82, 2.24) is 10.4 Å². The number of amides is 3. The number of fused-ring (bicyclic) bond motifs is 1. The molecule has 3 atom stereocenters. The van der Waals surface area contributed by atoms with E-state index in [2.05, 4.69) is 21.4 Å². The van der Waals surface area contributed by atoms with Gasteiger partial charge in [0.25, 0.3) is 11.8 Å². The van der Waals surface area contributed by atoms with Gasteiger partial charge in [-0.15, -0.1) is 0 Å². The molecular formula is C27H24BrN3O5. The van der Waals surface area contributed by atoms with Gasteiger partial charge in [0.2, 0.25) is 5.91 Å². The molecule has 2 saturated heterocycles. The molecule has 0 aromatic heterocycles. The van der Waals surface area contributed by atoms with Gasteiger partial charge in [0, 0.05) is 15.6 Å². The molecule has 3 amide bonds. The quantitative estimate of drug-likeness (QED) is 0.465. The van der Waals surface area contributed by atoms with Gasteiger partial charge in [0.1, 0.15) is 17.5 Å². The van der Waals surface area contributed by atoms with E-state index in [0.717, 1.165) is 9.37 Å². The van der Waals surface area contributed by atoms with Crippen LogP contribution < -0.4 is 19.8 Å². The van der Waals surface area contributed by atoms with Gasteiger partial charge in [-0.2, -0.15) is 0 Å². The number of nitrogens with one attached hydrogen (secondary N) is 1. The molecule has 2 heterocycles. The molecule has 3 aromatic rings. The second-order valence-electron chi connectivity index (χ2n) is 8.44. The zero-order valence-corrected chi connectivity index (χ0v) is 21.3. The molecule has 36 heavy (non-hydrogen) atoms. The molecule has 2 aliphatic rings. The minimum atomic E-state index is -1.02. The Kier molecular flexibility index (Phi) is 6.51. The fraction of sp³-hybridized carbons (Fsp3) is 0.222. The summed E-state index contributed by atoms with van der Waals surface area (Å²) in [6.07, 6.45) is 0. The predicted molar refractivity (Wildman–Crippen MR) is 137 cm³/mol. The van der Waals surface area contributed by atoms with Crippen molar-refractivity contribution < 1.29 is 23.9 Å². The van der Waals surface area contributed by atoms with E-state index in [-0.39, 0.29) is 5.91 Å². The van der Waals surface area contributed by atoms with Gasteiger partial charge in [0.15, 0.2) is 0 Å². The van der Waals surface area contributed by atoms with Crippen LogP contribution in [0.25, 0.3) is 0 Å². The molecule has 184 valence electrons. The van der Waals surface area contributed by atoms with Crippen LogP contribution in [0.2, 0.25) is 0 Å². The van der Waals surface area contributed by atoms with E-state index < -0.39 is 29.8 Å². The summed E-state index contributed by atoms with van der Waals surface area (Å²) in [5.41, 5.74) is 4.66. The number of carbonyl (C=O) groups excluding carboxylic acids is 3. The summed E-state index contributed by atoms with van der Waals surface area (Å²) in [5, 5.41) is 1.29. The van der Waals surface area contributed by atoms with Gasteiger partial charge in [-0.1, -0.05) is 40.2 Å². The smallest absolute Gasteiger partial charge is 0.268 e. The number of hydrogen-bond donors (Lipinski definition) is 1. The van der Waals surface area contributed by atoms with E-state index in [1.807, 2.05) is 31.2 Å². The monoisotopic (exact) mass is 549 g/mol. The van der Waals surface area contributed by atoms with Crippen LogP contribution >= 0.6 is 15.9 Å². The molecule has 0 unspecified atom stereocenters. The Morgan fingerprint density at radius 1 is 1.00 bits per heavy atom. The van der Waals surface area contributed by atoms with E-state index in [1.165, 1.54) is 5.01 Å². The molecule has 0 aliphatic carbocycles. The van der Waals surface area contributed by atoms with Crippen molar-refractivity contribution in [3.05, 3.63) is 88.4 Å². The van der Waals surface area contributed by atoms with Crippen molar-refractivity contribution in [1.29, 1.82) is 0 Å². The standard InChI is InChI=1S/C27H24BrN3O5/c1-3-36-19-13-11-18(12-14-19)30-26(33)22-23(20-9-4-5-10-21(20)35-2)29-31(24(22)27(30)34)25(32)16-7-6-8-17(28)15-16/h4-15,22-24,29H,3H2,1-2H3/t22-,23+,24-/m1/s1. The molecule has 2 fully saturated rings. The molecular weight excluding hydrogens is 526 g/mol. The first-order valence-corrected chi connectivity index (χ1v) is 12.3. The Hall–Kier alpha value is -3.69. The Bertz CT molecular complexity index is 1330. The van der Waals surface area contributed by atoms with Crippen molar-refractivity contribution in [2.75, 3.05) is 18.6 Å². The number of imide groups is 1. The number of carbonyl (C=O) groups is 3. The Balaban J connectivity index is 1.57. The van der Waals surface area contributed by atoms with Crippen LogP contribution in [-0.4, -0.2) is 42.5 Å². The summed E-state index contributed by atoms with van der Waals surface area (Å²) in [4.78, 5) is 42.3. The Labute approximate surface area is 216 Å². The minimum absolute atomic E-state index is 0.385. The molecule has 9 heteroatoms. The summed E-state index contributed by atoms with van der Waals surface area (Å²) < 4.78 is 11.8. The van der Waals surface area contributed by atoms with E-state index in [9.17, 15) is 14.4 Å². The van der Waals surface area contributed by atoms with Gasteiger partial charge < -0.3 is 9.47 Å². The van der Waals surface area contributed by atoms with Crippen molar-refractivity contribution in [2.45, 2.75) is 19.0 Å². The molecule has 1 N–H and O–H groups in total. The number of nitrogens with zero attached hydrogens (tertiary/aromatic N) is 2. The predicted octanol–water partition coefficient (Wildman–Crippen LogP) is 4.12. The number of hydrazine groups is 1. The summed E-state index contributed by atoms with van der Waals surface area (Å²) in [7, 11) is 1.55. The molecule has 0 radical (unpaired) electrons. The zero-order chi connectivity index (χ0) is 25.4. The highest BCUT2D eigenvalue weighted by Gasteiger charge is 2.60. The first-order valence-electron chi connectivity index (χ1n) is 11.5. The van der Waals surface area contributed by atoms with Crippen LogP contribution in [0.1, 0.15) is 28.9 Å². The number of para-hydroxylation sites is 1. The van der Waals surface area contributed by atoms with Crippen LogP contribution in [-0.2, 0) is 9.59 Å². The third-order valence-electron chi connectivity index (χ3n) is 6.40. The van der Waals surface area contributed by atoms with Gasteiger partial charge in [0.05, 0.1) is 31.4 Å². The number of anilines is 1. The minimum Gasteiger partial charge on any atom is -0.496 e. The lowest BCUT2D eigenvalue weighted by Crippen LogP contribution is -2.48. The highest BCUT2D eigenvalue weighted by molar-refractivity contribution is 9.10. The van der Waals surface area contributed by atoms with E-state index >= 15 is 0 Å². The summed E-state index contributed by atoms with van der Waals surface area (Å²) in [6.45, 7) is 2.38. The summed E-state index contributed by atoms with van der Waals surface area (Å²) >= 11 is 3.39. The van der Waals surface area contributed by atoms with Crippen molar-refractivity contribution in [2.24, 2.45) is 5.92 Å². The SMILES string of the molecule is CCOc1ccc(N2C(=O)[C@@H]3[C@H](c4ccccc4OC)NN(C(=O)c4cccc(Br)c4)[C@H]3C2=O)cc1. The number of rotatable bonds is 6. The molecule has 2 aliphatic heterocycles. The van der Waals surface area contributed by atoms with Gasteiger partial charge >= 0.3 is 0 Å². The maximum Gasteiger partial charge on any atom is 0.268 e. The lowest BCUT2D eigenvalue weighted by atomic mass is 9.90. The van der Waals surface area contributed by atoms with Crippen LogP contribution in [0.4, 0.5) is 5.69 Å². The largest absolute Gasteiger partial charge is 0.496 e. The fourth-order valence-electron chi connectivity index (χ4n) is 4.83. The molecule has 0 saturated carbocycles. The molecule has 0 bridgehead atoms. The molecule has 8 nitrogen and oxygen atoms in total. The highest BCUT2D eigenvalue weighted by Crippen LogP contribution is 2.44. The maximum absolute atomic E-state index is 13.8. The van der Waals surface area contributed by atoms with Crippen molar-refractivity contribution >= 4 is 39.3 Å². The number of ether oxygens (including phenoxy) is 2. The van der Waals surface area contributed by atoms with E-state index in [4.69, 9.17) is 9.47 Å². The van der Waals surface area contributed by atoms with E-state index in [1.54, 1.807) is 55.6 Å². The number of methoxy groups -OCH3 is 1. The average Bonchev–Trinajstić information content (AvgIpc) is 3.40. The maximum atomic E-state index is 13.8. The van der Waals surface area contributed by atoms with Crippen molar-refractivity contribution in [3.63, 3.8) is 0 Å². The van der Waals surface area contributed by atoms with Gasteiger partial charge in [-0.05, 0) is 55.5 Å². The van der Waals surface area contributed by atoms with Crippen LogP contribution in [0.3, 0.4) is 0 Å². The first kappa shape index (κ1) is 24.0. The fourth-order valence-corrected chi connectivity index (χ4v) is 5.23. The third-order valence-corrected chi connectivity index (χ3v) is 6.90. The van der Waals surface area contributed by atoms with Crippen LogP contribution in [0, 0.1) is 5.92 Å². The number of hydrogen-bond acceptors (Lipinski definition) is 6. The molecule has 0 spiro atoms. The van der Waals surface area contributed by atoms with Crippen molar-refractivity contribution in [3.8, 4) is 11.5 Å². The average molecular weight is 550 g/mol. The summed E-state index contributed by atoms with van der Waals surface area (Å²) in [5.74, 6) is -0.898. The summed E-state index contributed by atoms with van der Waals surface area (Å²) in [6, 6.07) is 19.3. The normalized spacial score (nSPS) is 21.0. The Morgan fingerprint density at radius 3 is 2.44 bits per heavy atom. The second-order valence-corrected chi connectivity index (χ2v) is 9.36. The van der Waals surface area contributed by atoms with Crippen LogP contribution in [0.5, 0.6) is 11.5 Å². The second kappa shape index (κ2) is 9.75. The molecule has 5 rings (SSSR count).